The minimum absolute atomic E-state index is 0.614. The van der Waals surface area contributed by atoms with E-state index in [2.05, 4.69) is 44.9 Å². The van der Waals surface area contributed by atoms with Gasteiger partial charge in [0.25, 0.3) is 0 Å². The van der Waals surface area contributed by atoms with Crippen molar-refractivity contribution in [3.8, 4) is 5.75 Å². The molecule has 0 fully saturated rings. The van der Waals surface area contributed by atoms with E-state index < -0.39 is 0 Å². The molecule has 0 spiro atoms. The van der Waals surface area contributed by atoms with Gasteiger partial charge in [-0.2, -0.15) is 0 Å². The largest absolute Gasteiger partial charge is 0.496 e. The van der Waals surface area contributed by atoms with Crippen LogP contribution < -0.4 is 15.4 Å². The number of methoxy groups -OCH3 is 1. The molecule has 0 aromatic heterocycles. The first-order valence-corrected chi connectivity index (χ1v) is 6.56. The molecule has 3 nitrogen and oxygen atoms in total. The first-order chi connectivity index (χ1) is 8.49. The molecule has 3 heteroatoms. The molecule has 0 amide bonds. The van der Waals surface area contributed by atoms with Crippen LogP contribution in [0.15, 0.2) is 12.1 Å². The summed E-state index contributed by atoms with van der Waals surface area (Å²) >= 11 is 0. The predicted molar refractivity (Wildman–Crippen MR) is 78.6 cm³/mol. The number of ether oxygens (including phenoxy) is 1. The first kappa shape index (κ1) is 14.8. The normalized spacial score (nSPS) is 12.3. The molecule has 1 rings (SSSR count). The van der Waals surface area contributed by atoms with Crippen LogP contribution in [0.1, 0.15) is 24.5 Å². The van der Waals surface area contributed by atoms with Gasteiger partial charge in [-0.25, -0.2) is 0 Å². The number of nitrogens with two attached hydrogens (primary N) is 1. The number of hydrogen-bond donors (Lipinski definition) is 1. The Bertz CT molecular complexity index is 367. The van der Waals surface area contributed by atoms with Crippen molar-refractivity contribution >= 4 is 5.69 Å². The van der Waals surface area contributed by atoms with Gasteiger partial charge in [-0.15, -0.1) is 0 Å². The minimum atomic E-state index is 0.614. The number of hydrogen-bond acceptors (Lipinski definition) is 3. The zero-order chi connectivity index (χ0) is 13.7. The lowest BCUT2D eigenvalue weighted by molar-refractivity contribution is 0.408. The van der Waals surface area contributed by atoms with Crippen molar-refractivity contribution in [3.63, 3.8) is 0 Å². The van der Waals surface area contributed by atoms with Gasteiger partial charge in [0.15, 0.2) is 0 Å². The third-order valence-corrected chi connectivity index (χ3v) is 3.33. The molecule has 1 aromatic rings. The lowest BCUT2D eigenvalue weighted by Gasteiger charge is -2.24. The van der Waals surface area contributed by atoms with Gasteiger partial charge in [-0.1, -0.05) is 6.92 Å². The second-order valence-electron chi connectivity index (χ2n) is 5.18. The van der Waals surface area contributed by atoms with Crippen molar-refractivity contribution in [2.45, 2.75) is 27.2 Å². The summed E-state index contributed by atoms with van der Waals surface area (Å²) in [6.07, 6.45) is 1.07. The number of benzene rings is 1. The highest BCUT2D eigenvalue weighted by molar-refractivity contribution is 5.56. The average Bonchev–Trinajstić information content (AvgIpc) is 2.28. The van der Waals surface area contributed by atoms with Crippen LogP contribution >= 0.6 is 0 Å². The van der Waals surface area contributed by atoms with Gasteiger partial charge >= 0.3 is 0 Å². The summed E-state index contributed by atoms with van der Waals surface area (Å²) < 4.78 is 5.40. The van der Waals surface area contributed by atoms with Crippen LogP contribution in [0.2, 0.25) is 0 Å². The molecule has 2 N–H and O–H groups in total. The molecular weight excluding hydrogens is 224 g/mol. The molecule has 0 saturated heterocycles. The van der Waals surface area contributed by atoms with E-state index in [0.29, 0.717) is 5.92 Å². The highest BCUT2D eigenvalue weighted by atomic mass is 16.5. The van der Waals surface area contributed by atoms with Gasteiger partial charge in [-0.05, 0) is 56.0 Å². The Labute approximate surface area is 111 Å². The Hall–Kier alpha value is -1.22. The smallest absolute Gasteiger partial charge is 0.124 e. The molecule has 1 atom stereocenters. The second kappa shape index (κ2) is 6.64. The highest BCUT2D eigenvalue weighted by Gasteiger charge is 2.10. The molecule has 18 heavy (non-hydrogen) atoms. The van der Waals surface area contributed by atoms with Gasteiger partial charge < -0.3 is 15.4 Å². The monoisotopic (exact) mass is 250 g/mol. The Morgan fingerprint density at radius 1 is 1.28 bits per heavy atom. The van der Waals surface area contributed by atoms with Gasteiger partial charge in [0.1, 0.15) is 5.75 Å². The predicted octanol–water partition coefficient (Wildman–Crippen LogP) is 2.73. The van der Waals surface area contributed by atoms with E-state index in [-0.39, 0.29) is 0 Å². The maximum atomic E-state index is 5.59. The van der Waals surface area contributed by atoms with E-state index >= 15 is 0 Å². The maximum Gasteiger partial charge on any atom is 0.124 e. The van der Waals surface area contributed by atoms with Crippen LogP contribution in [-0.2, 0) is 0 Å². The van der Waals surface area contributed by atoms with Crippen LogP contribution in [0.3, 0.4) is 0 Å². The molecular formula is C15H26N2O. The molecule has 0 aliphatic rings. The van der Waals surface area contributed by atoms with Crippen LogP contribution in [-0.4, -0.2) is 27.2 Å². The van der Waals surface area contributed by atoms with Crippen molar-refractivity contribution in [3.05, 3.63) is 23.3 Å². The number of nitrogens with zero attached hydrogens (tertiary/aromatic N) is 1. The minimum Gasteiger partial charge on any atom is -0.496 e. The zero-order valence-corrected chi connectivity index (χ0v) is 12.3. The fraction of sp³-hybridized carbons (Fsp3) is 0.600. The van der Waals surface area contributed by atoms with Crippen LogP contribution in [0.5, 0.6) is 5.75 Å². The summed E-state index contributed by atoms with van der Waals surface area (Å²) in [6.45, 7) is 8.21. The van der Waals surface area contributed by atoms with E-state index in [0.717, 1.165) is 25.3 Å². The average molecular weight is 250 g/mol. The van der Waals surface area contributed by atoms with Crippen molar-refractivity contribution in [1.82, 2.24) is 0 Å². The Morgan fingerprint density at radius 2 is 1.83 bits per heavy atom. The summed E-state index contributed by atoms with van der Waals surface area (Å²) in [5.41, 5.74) is 9.21. The Morgan fingerprint density at radius 3 is 2.28 bits per heavy atom. The molecule has 0 saturated carbocycles. The van der Waals surface area contributed by atoms with Gasteiger partial charge in [0.2, 0.25) is 0 Å². The lowest BCUT2D eigenvalue weighted by Crippen LogP contribution is -2.25. The van der Waals surface area contributed by atoms with Crippen molar-refractivity contribution in [1.29, 1.82) is 0 Å². The van der Waals surface area contributed by atoms with E-state index in [9.17, 15) is 0 Å². The topological polar surface area (TPSA) is 38.5 Å². The van der Waals surface area contributed by atoms with E-state index in [1.54, 1.807) is 7.11 Å². The molecule has 0 aliphatic heterocycles. The van der Waals surface area contributed by atoms with E-state index in [1.165, 1.54) is 16.8 Å². The maximum absolute atomic E-state index is 5.59. The molecule has 1 aromatic carbocycles. The first-order valence-electron chi connectivity index (χ1n) is 6.56. The summed E-state index contributed by atoms with van der Waals surface area (Å²) in [5.74, 6) is 1.60. The summed E-state index contributed by atoms with van der Waals surface area (Å²) in [5, 5.41) is 0. The SMILES string of the molecule is COc1c(C)cc(N(C)CC(C)CCN)cc1C. The molecule has 0 heterocycles. The third kappa shape index (κ3) is 3.64. The number of rotatable bonds is 6. The van der Waals surface area contributed by atoms with Crippen LogP contribution in [0, 0.1) is 19.8 Å². The summed E-state index contributed by atoms with van der Waals surface area (Å²) in [7, 11) is 3.86. The Balaban J connectivity index is 2.83. The van der Waals surface area contributed by atoms with Crippen molar-refractivity contribution in [2.24, 2.45) is 11.7 Å². The van der Waals surface area contributed by atoms with Crippen LogP contribution in [0.25, 0.3) is 0 Å². The Kier molecular flexibility index (Phi) is 5.48. The lowest BCUT2D eigenvalue weighted by atomic mass is 10.1. The molecule has 0 radical (unpaired) electrons. The number of aryl methyl sites for hydroxylation is 2. The van der Waals surface area contributed by atoms with Crippen LogP contribution in [0.4, 0.5) is 5.69 Å². The van der Waals surface area contributed by atoms with Gasteiger partial charge in [0.05, 0.1) is 7.11 Å². The van der Waals surface area contributed by atoms with Crippen molar-refractivity contribution < 1.29 is 4.74 Å². The molecule has 0 bridgehead atoms. The van der Waals surface area contributed by atoms with E-state index in [4.69, 9.17) is 10.5 Å². The van der Waals surface area contributed by atoms with Gasteiger partial charge in [-0.3, -0.25) is 0 Å². The fourth-order valence-electron chi connectivity index (χ4n) is 2.42. The number of anilines is 1. The third-order valence-electron chi connectivity index (χ3n) is 3.33. The van der Waals surface area contributed by atoms with Crippen molar-refractivity contribution in [2.75, 3.05) is 32.1 Å². The second-order valence-corrected chi connectivity index (χ2v) is 5.18. The summed E-state index contributed by atoms with van der Waals surface area (Å²) in [6, 6.07) is 4.36. The summed E-state index contributed by atoms with van der Waals surface area (Å²) in [4.78, 5) is 2.29. The standard InChI is InChI=1S/C15H26N2O/c1-11(6-7-16)10-17(4)14-8-12(2)15(18-5)13(3)9-14/h8-9,11H,6-7,10,16H2,1-5H3. The van der Waals surface area contributed by atoms with Gasteiger partial charge in [0, 0.05) is 19.3 Å². The molecule has 102 valence electrons. The van der Waals surface area contributed by atoms with E-state index in [1.807, 2.05) is 0 Å². The fourth-order valence-corrected chi connectivity index (χ4v) is 2.42. The molecule has 0 aliphatic carbocycles. The molecule has 1 unspecified atom stereocenters. The quantitative estimate of drug-likeness (QED) is 0.843. The zero-order valence-electron chi connectivity index (χ0n) is 12.3. The highest BCUT2D eigenvalue weighted by Crippen LogP contribution is 2.28.